The van der Waals surface area contributed by atoms with Crippen LogP contribution in [0, 0.1) is 0 Å². The van der Waals surface area contributed by atoms with E-state index in [0.29, 0.717) is 18.8 Å². The van der Waals surface area contributed by atoms with Crippen LogP contribution in [0.1, 0.15) is 6.42 Å². The second-order valence-electron chi connectivity index (χ2n) is 7.24. The van der Waals surface area contributed by atoms with Crippen molar-refractivity contribution >= 4 is 27.5 Å². The summed E-state index contributed by atoms with van der Waals surface area (Å²) in [5.41, 5.74) is 2.63. The molecule has 0 N–H and O–H groups in total. The van der Waals surface area contributed by atoms with Gasteiger partial charge in [-0.2, -0.15) is 5.10 Å². The third-order valence-electron chi connectivity index (χ3n) is 5.30. The zero-order valence-electron chi connectivity index (χ0n) is 16.6. The number of benzene rings is 2. The van der Waals surface area contributed by atoms with E-state index in [0.717, 1.165) is 23.1 Å². The van der Waals surface area contributed by atoms with Crippen molar-refractivity contribution in [3.8, 4) is 11.3 Å². The Morgan fingerprint density at radius 2 is 1.60 bits per heavy atom. The highest BCUT2D eigenvalue weighted by atomic mass is 79.9. The fraction of sp³-hybridized carbons (Fsp3) is 0.261. The number of para-hydroxylation sites is 1. The molecule has 2 heterocycles. The minimum absolute atomic E-state index is 0.0606. The van der Waals surface area contributed by atoms with E-state index in [1.807, 2.05) is 47.4 Å². The maximum Gasteiger partial charge on any atom is 0.266 e. The van der Waals surface area contributed by atoms with Gasteiger partial charge in [0.25, 0.3) is 5.56 Å². The van der Waals surface area contributed by atoms with Crippen LogP contribution in [0.3, 0.4) is 0 Å². The Kier molecular flexibility index (Phi) is 6.28. The maximum atomic E-state index is 12.7. The van der Waals surface area contributed by atoms with Gasteiger partial charge in [-0.05, 0) is 30.3 Å². The largest absolute Gasteiger partial charge is 0.368 e. The number of carbonyl (C=O) groups is 1. The number of halogens is 1. The number of hydrogen-bond donors (Lipinski definition) is 0. The van der Waals surface area contributed by atoms with Gasteiger partial charge in [-0.1, -0.05) is 46.3 Å². The number of rotatable bonds is 5. The summed E-state index contributed by atoms with van der Waals surface area (Å²) in [7, 11) is 0. The SMILES string of the molecule is O=C(CCn1nc(-c2ccc(Br)cc2)ccc1=O)N1CCN(c2ccccc2)CC1. The molecule has 1 amide bonds. The first kappa shape index (κ1) is 20.3. The Balaban J connectivity index is 1.35. The number of piperazine rings is 1. The van der Waals surface area contributed by atoms with Gasteiger partial charge < -0.3 is 9.80 Å². The number of hydrogen-bond acceptors (Lipinski definition) is 4. The molecule has 0 saturated carbocycles. The lowest BCUT2D eigenvalue weighted by atomic mass is 10.1. The fourth-order valence-electron chi connectivity index (χ4n) is 3.60. The van der Waals surface area contributed by atoms with E-state index in [-0.39, 0.29) is 24.4 Å². The zero-order chi connectivity index (χ0) is 20.9. The van der Waals surface area contributed by atoms with Crippen LogP contribution in [0.4, 0.5) is 5.69 Å². The van der Waals surface area contributed by atoms with Crippen LogP contribution in [-0.4, -0.2) is 46.8 Å². The number of amides is 1. The summed E-state index contributed by atoms with van der Waals surface area (Å²) in [6, 6.07) is 21.2. The first-order valence-corrected chi connectivity index (χ1v) is 10.8. The molecule has 1 saturated heterocycles. The Labute approximate surface area is 183 Å². The average molecular weight is 467 g/mol. The van der Waals surface area contributed by atoms with Crippen molar-refractivity contribution in [3.63, 3.8) is 0 Å². The molecular formula is C23H23BrN4O2. The minimum atomic E-state index is -0.197. The second-order valence-corrected chi connectivity index (χ2v) is 8.16. The van der Waals surface area contributed by atoms with Gasteiger partial charge in [0, 0.05) is 54.4 Å². The number of carbonyl (C=O) groups excluding carboxylic acids is 1. The van der Waals surface area contributed by atoms with Gasteiger partial charge in [-0.15, -0.1) is 0 Å². The molecule has 2 aromatic carbocycles. The molecule has 4 rings (SSSR count). The van der Waals surface area contributed by atoms with Crippen molar-refractivity contribution in [1.82, 2.24) is 14.7 Å². The van der Waals surface area contributed by atoms with Crippen molar-refractivity contribution in [2.24, 2.45) is 0 Å². The molecule has 1 aromatic heterocycles. The molecule has 3 aromatic rings. The summed E-state index contributed by atoms with van der Waals surface area (Å²) in [4.78, 5) is 29.1. The molecule has 1 aliphatic rings. The van der Waals surface area contributed by atoms with Gasteiger partial charge in [0.15, 0.2) is 0 Å². The van der Waals surface area contributed by atoms with Gasteiger partial charge in [0.1, 0.15) is 0 Å². The van der Waals surface area contributed by atoms with Crippen molar-refractivity contribution < 1.29 is 4.79 Å². The van der Waals surface area contributed by atoms with Gasteiger partial charge in [0.2, 0.25) is 5.91 Å². The van der Waals surface area contributed by atoms with E-state index in [9.17, 15) is 9.59 Å². The van der Waals surface area contributed by atoms with Gasteiger partial charge in [0.05, 0.1) is 12.2 Å². The highest BCUT2D eigenvalue weighted by Crippen LogP contribution is 2.19. The third kappa shape index (κ3) is 4.79. The standard InChI is InChI=1S/C23H23BrN4O2/c24-19-8-6-18(7-9-19)21-10-11-23(30)28(25-21)13-12-22(29)27-16-14-26(15-17-27)20-4-2-1-3-5-20/h1-11H,12-17H2. The molecule has 0 bridgehead atoms. The Bertz CT molecular complexity index is 1060. The summed E-state index contributed by atoms with van der Waals surface area (Å²) >= 11 is 3.42. The molecule has 0 aliphatic carbocycles. The fourth-order valence-corrected chi connectivity index (χ4v) is 3.86. The van der Waals surface area contributed by atoms with Crippen molar-refractivity contribution in [2.45, 2.75) is 13.0 Å². The van der Waals surface area contributed by atoms with Crippen molar-refractivity contribution in [1.29, 1.82) is 0 Å². The minimum Gasteiger partial charge on any atom is -0.368 e. The van der Waals surface area contributed by atoms with Crippen LogP contribution in [0.2, 0.25) is 0 Å². The number of aryl methyl sites for hydroxylation is 1. The summed E-state index contributed by atoms with van der Waals surface area (Å²) < 4.78 is 2.37. The molecule has 30 heavy (non-hydrogen) atoms. The number of anilines is 1. The lowest BCUT2D eigenvalue weighted by Crippen LogP contribution is -2.49. The van der Waals surface area contributed by atoms with Crippen LogP contribution in [0.25, 0.3) is 11.3 Å². The van der Waals surface area contributed by atoms with Crippen LogP contribution >= 0.6 is 15.9 Å². The molecule has 0 spiro atoms. The normalized spacial score (nSPS) is 14.0. The zero-order valence-corrected chi connectivity index (χ0v) is 18.2. The molecule has 0 unspecified atom stereocenters. The van der Waals surface area contributed by atoms with Crippen LogP contribution in [0.5, 0.6) is 0 Å². The van der Waals surface area contributed by atoms with E-state index in [4.69, 9.17) is 0 Å². The summed E-state index contributed by atoms with van der Waals surface area (Å²) in [6.45, 7) is 3.28. The molecule has 7 heteroatoms. The lowest BCUT2D eigenvalue weighted by molar-refractivity contribution is -0.131. The molecule has 0 atom stereocenters. The summed E-state index contributed by atoms with van der Waals surface area (Å²) in [6.07, 6.45) is 0.266. The van der Waals surface area contributed by atoms with E-state index in [2.05, 4.69) is 38.1 Å². The van der Waals surface area contributed by atoms with Crippen LogP contribution in [-0.2, 0) is 11.3 Å². The molecule has 0 radical (unpaired) electrons. The lowest BCUT2D eigenvalue weighted by Gasteiger charge is -2.36. The Morgan fingerprint density at radius 1 is 0.900 bits per heavy atom. The topological polar surface area (TPSA) is 58.4 Å². The highest BCUT2D eigenvalue weighted by Gasteiger charge is 2.21. The summed E-state index contributed by atoms with van der Waals surface area (Å²) in [5, 5.41) is 4.45. The quantitative estimate of drug-likeness (QED) is 0.577. The number of nitrogens with zero attached hydrogens (tertiary/aromatic N) is 4. The van der Waals surface area contributed by atoms with Crippen molar-refractivity contribution in [3.05, 3.63) is 81.6 Å². The van der Waals surface area contributed by atoms with Gasteiger partial charge >= 0.3 is 0 Å². The third-order valence-corrected chi connectivity index (χ3v) is 5.83. The molecular weight excluding hydrogens is 444 g/mol. The summed E-state index contributed by atoms with van der Waals surface area (Å²) in [5.74, 6) is 0.0606. The maximum absolute atomic E-state index is 12.7. The Hall–Kier alpha value is -2.93. The predicted octanol–water partition coefficient (Wildman–Crippen LogP) is 3.41. The highest BCUT2D eigenvalue weighted by molar-refractivity contribution is 9.10. The molecule has 1 aliphatic heterocycles. The van der Waals surface area contributed by atoms with E-state index >= 15 is 0 Å². The molecule has 6 nitrogen and oxygen atoms in total. The second kappa shape index (κ2) is 9.26. The van der Waals surface area contributed by atoms with Gasteiger partial charge in [-0.3, -0.25) is 9.59 Å². The predicted molar refractivity (Wildman–Crippen MR) is 121 cm³/mol. The van der Waals surface area contributed by atoms with Crippen molar-refractivity contribution in [2.75, 3.05) is 31.1 Å². The number of aromatic nitrogens is 2. The van der Waals surface area contributed by atoms with E-state index < -0.39 is 0 Å². The monoisotopic (exact) mass is 466 g/mol. The van der Waals surface area contributed by atoms with E-state index in [1.54, 1.807) is 6.07 Å². The van der Waals surface area contributed by atoms with E-state index in [1.165, 1.54) is 16.4 Å². The molecule has 1 fully saturated rings. The van der Waals surface area contributed by atoms with Crippen LogP contribution in [0.15, 0.2) is 76.0 Å². The average Bonchev–Trinajstić information content (AvgIpc) is 2.79. The van der Waals surface area contributed by atoms with Crippen LogP contribution < -0.4 is 10.5 Å². The first-order chi connectivity index (χ1) is 14.6. The smallest absolute Gasteiger partial charge is 0.266 e. The van der Waals surface area contributed by atoms with Gasteiger partial charge in [-0.25, -0.2) is 4.68 Å². The Morgan fingerprint density at radius 3 is 2.30 bits per heavy atom. The molecule has 154 valence electrons. The first-order valence-electron chi connectivity index (χ1n) is 10.0.